The molecule has 1 unspecified atom stereocenters. The Bertz CT molecular complexity index is 256. The SMILES string of the molecule is CCCC(Br)CCc1ccc(Cl)cc1. The summed E-state index contributed by atoms with van der Waals surface area (Å²) in [5.74, 6) is 0. The lowest BCUT2D eigenvalue weighted by molar-refractivity contribution is 0.693. The van der Waals surface area contributed by atoms with E-state index < -0.39 is 0 Å². The fourth-order valence-corrected chi connectivity index (χ4v) is 2.24. The van der Waals surface area contributed by atoms with Crippen LogP contribution in [0.15, 0.2) is 24.3 Å². The minimum absolute atomic E-state index is 0.656. The van der Waals surface area contributed by atoms with Gasteiger partial charge in [-0.3, -0.25) is 0 Å². The zero-order valence-electron chi connectivity index (χ0n) is 8.47. The van der Waals surface area contributed by atoms with Gasteiger partial charge in [0.2, 0.25) is 0 Å². The highest BCUT2D eigenvalue weighted by molar-refractivity contribution is 9.09. The summed E-state index contributed by atoms with van der Waals surface area (Å²) in [4.78, 5) is 0.656. The van der Waals surface area contributed by atoms with Gasteiger partial charge in [0.1, 0.15) is 0 Å². The first-order chi connectivity index (χ1) is 6.72. The van der Waals surface area contributed by atoms with Gasteiger partial charge in [0.15, 0.2) is 0 Å². The molecule has 0 spiro atoms. The van der Waals surface area contributed by atoms with E-state index in [9.17, 15) is 0 Å². The Balaban J connectivity index is 2.34. The molecule has 0 saturated carbocycles. The summed E-state index contributed by atoms with van der Waals surface area (Å²) in [5, 5.41) is 0.817. The van der Waals surface area contributed by atoms with Crippen molar-refractivity contribution in [3.05, 3.63) is 34.9 Å². The fraction of sp³-hybridized carbons (Fsp3) is 0.500. The van der Waals surface area contributed by atoms with E-state index in [1.165, 1.54) is 24.8 Å². The quantitative estimate of drug-likeness (QED) is 0.675. The van der Waals surface area contributed by atoms with Crippen LogP contribution in [-0.2, 0) is 6.42 Å². The monoisotopic (exact) mass is 274 g/mol. The molecule has 0 amide bonds. The fourth-order valence-electron chi connectivity index (χ4n) is 1.43. The van der Waals surface area contributed by atoms with Crippen LogP contribution in [0.25, 0.3) is 0 Å². The van der Waals surface area contributed by atoms with E-state index in [-0.39, 0.29) is 0 Å². The molecular formula is C12H16BrCl. The molecule has 2 heteroatoms. The van der Waals surface area contributed by atoms with Gasteiger partial charge in [-0.15, -0.1) is 0 Å². The molecule has 1 aromatic carbocycles. The number of benzene rings is 1. The van der Waals surface area contributed by atoms with Crippen LogP contribution in [0, 0.1) is 0 Å². The largest absolute Gasteiger partial charge is 0.0891 e. The first-order valence-corrected chi connectivity index (χ1v) is 6.40. The van der Waals surface area contributed by atoms with Crippen molar-refractivity contribution >= 4 is 27.5 Å². The molecule has 0 radical (unpaired) electrons. The molecule has 0 saturated heterocycles. The Morgan fingerprint density at radius 3 is 2.43 bits per heavy atom. The van der Waals surface area contributed by atoms with Crippen molar-refractivity contribution in [2.45, 2.75) is 37.4 Å². The van der Waals surface area contributed by atoms with Crippen LogP contribution in [0.4, 0.5) is 0 Å². The molecule has 1 aromatic rings. The number of hydrogen-bond donors (Lipinski definition) is 0. The van der Waals surface area contributed by atoms with E-state index in [1.807, 2.05) is 12.1 Å². The lowest BCUT2D eigenvalue weighted by Crippen LogP contribution is -1.99. The van der Waals surface area contributed by atoms with E-state index in [4.69, 9.17) is 11.6 Å². The van der Waals surface area contributed by atoms with Gasteiger partial charge in [0.05, 0.1) is 0 Å². The molecule has 0 aliphatic heterocycles. The van der Waals surface area contributed by atoms with Crippen LogP contribution < -0.4 is 0 Å². The summed E-state index contributed by atoms with van der Waals surface area (Å²) in [6, 6.07) is 8.13. The first kappa shape index (κ1) is 12.1. The third kappa shape index (κ3) is 4.47. The molecule has 0 fully saturated rings. The molecule has 0 aliphatic rings. The molecule has 78 valence electrons. The van der Waals surface area contributed by atoms with Crippen molar-refractivity contribution in [3.8, 4) is 0 Å². The van der Waals surface area contributed by atoms with Crippen LogP contribution in [0.2, 0.25) is 5.02 Å². The zero-order chi connectivity index (χ0) is 10.4. The van der Waals surface area contributed by atoms with Crippen LogP contribution in [0.3, 0.4) is 0 Å². The van der Waals surface area contributed by atoms with Crippen molar-refractivity contribution in [2.75, 3.05) is 0 Å². The van der Waals surface area contributed by atoms with E-state index in [1.54, 1.807) is 0 Å². The molecule has 0 nitrogen and oxygen atoms in total. The smallest absolute Gasteiger partial charge is 0.0406 e. The summed E-state index contributed by atoms with van der Waals surface area (Å²) in [5.41, 5.74) is 1.37. The van der Waals surface area contributed by atoms with Gasteiger partial charge in [-0.2, -0.15) is 0 Å². The van der Waals surface area contributed by atoms with Crippen LogP contribution >= 0.6 is 27.5 Å². The maximum Gasteiger partial charge on any atom is 0.0406 e. The predicted molar refractivity (Wildman–Crippen MR) is 67.4 cm³/mol. The summed E-state index contributed by atoms with van der Waals surface area (Å²) in [6.45, 7) is 2.22. The molecule has 0 aromatic heterocycles. The van der Waals surface area contributed by atoms with Gasteiger partial charge in [-0.05, 0) is 37.0 Å². The highest BCUT2D eigenvalue weighted by Gasteiger charge is 2.02. The normalized spacial score (nSPS) is 12.8. The van der Waals surface area contributed by atoms with Crippen molar-refractivity contribution in [1.82, 2.24) is 0 Å². The third-order valence-electron chi connectivity index (χ3n) is 2.26. The van der Waals surface area contributed by atoms with E-state index in [2.05, 4.69) is 35.0 Å². The second-order valence-electron chi connectivity index (χ2n) is 3.55. The summed E-state index contributed by atoms with van der Waals surface area (Å²) >= 11 is 9.50. The van der Waals surface area contributed by atoms with Crippen molar-refractivity contribution in [1.29, 1.82) is 0 Å². The standard InChI is InChI=1S/C12H16BrCl/c1-2-3-11(13)7-4-10-5-8-12(14)9-6-10/h5-6,8-9,11H,2-4,7H2,1H3. The Hall–Kier alpha value is -0.0100. The number of halogens is 2. The van der Waals surface area contributed by atoms with Crippen molar-refractivity contribution in [3.63, 3.8) is 0 Å². The molecular weight excluding hydrogens is 259 g/mol. The molecule has 0 heterocycles. The van der Waals surface area contributed by atoms with Crippen LogP contribution in [-0.4, -0.2) is 4.83 Å². The Labute approximate surface area is 99.8 Å². The van der Waals surface area contributed by atoms with Gasteiger partial charge in [0, 0.05) is 9.85 Å². The Kier molecular flexibility index (Phi) is 5.57. The predicted octanol–water partition coefficient (Wildman–Crippen LogP) is 4.84. The van der Waals surface area contributed by atoms with Crippen LogP contribution in [0.1, 0.15) is 31.7 Å². The highest BCUT2D eigenvalue weighted by Crippen LogP contribution is 2.17. The molecule has 0 N–H and O–H groups in total. The van der Waals surface area contributed by atoms with Gasteiger partial charge in [-0.1, -0.05) is 53.0 Å². The Morgan fingerprint density at radius 2 is 1.86 bits per heavy atom. The minimum atomic E-state index is 0.656. The summed E-state index contributed by atoms with van der Waals surface area (Å²) in [6.07, 6.45) is 4.84. The topological polar surface area (TPSA) is 0 Å². The molecule has 0 bridgehead atoms. The molecule has 1 atom stereocenters. The van der Waals surface area contributed by atoms with Crippen LogP contribution in [0.5, 0.6) is 0 Å². The van der Waals surface area contributed by atoms with E-state index in [0.29, 0.717) is 4.83 Å². The highest BCUT2D eigenvalue weighted by atomic mass is 79.9. The van der Waals surface area contributed by atoms with E-state index in [0.717, 1.165) is 11.4 Å². The number of aryl methyl sites for hydroxylation is 1. The van der Waals surface area contributed by atoms with E-state index >= 15 is 0 Å². The maximum atomic E-state index is 5.81. The third-order valence-corrected chi connectivity index (χ3v) is 3.43. The second kappa shape index (κ2) is 6.47. The zero-order valence-corrected chi connectivity index (χ0v) is 10.8. The first-order valence-electron chi connectivity index (χ1n) is 5.11. The number of rotatable bonds is 5. The lowest BCUT2D eigenvalue weighted by Gasteiger charge is -2.07. The summed E-state index contributed by atoms with van der Waals surface area (Å²) < 4.78 is 0. The summed E-state index contributed by atoms with van der Waals surface area (Å²) in [7, 11) is 0. The average Bonchev–Trinajstić information content (AvgIpc) is 2.17. The second-order valence-corrected chi connectivity index (χ2v) is 5.28. The van der Waals surface area contributed by atoms with Gasteiger partial charge < -0.3 is 0 Å². The number of alkyl halides is 1. The maximum absolute atomic E-state index is 5.81. The number of hydrogen-bond acceptors (Lipinski definition) is 0. The van der Waals surface area contributed by atoms with Crippen molar-refractivity contribution < 1.29 is 0 Å². The van der Waals surface area contributed by atoms with Gasteiger partial charge in [-0.25, -0.2) is 0 Å². The van der Waals surface area contributed by atoms with Gasteiger partial charge >= 0.3 is 0 Å². The van der Waals surface area contributed by atoms with Gasteiger partial charge in [0.25, 0.3) is 0 Å². The minimum Gasteiger partial charge on any atom is -0.0891 e. The molecule has 1 rings (SSSR count). The lowest BCUT2D eigenvalue weighted by atomic mass is 10.1. The Morgan fingerprint density at radius 1 is 1.21 bits per heavy atom. The van der Waals surface area contributed by atoms with Crippen molar-refractivity contribution in [2.24, 2.45) is 0 Å². The molecule has 0 aliphatic carbocycles. The molecule has 14 heavy (non-hydrogen) atoms. The average molecular weight is 276 g/mol.